The minimum Gasteiger partial charge on any atom is -0.384 e. The number of hydrogen-bond acceptors (Lipinski definition) is 3. The monoisotopic (exact) mass is 300 g/mol. The van der Waals surface area contributed by atoms with Crippen LogP contribution >= 0.6 is 0 Å². The molecule has 3 fully saturated rings. The number of likely N-dealkylation sites (N-methyl/N-ethyl adjacent to an activating group) is 1. The van der Waals surface area contributed by atoms with Crippen LogP contribution in [0, 0.1) is 11.8 Å². The molecule has 1 saturated carbocycles. The van der Waals surface area contributed by atoms with Crippen LogP contribution in [0.15, 0.2) is 24.3 Å². The Hall–Kier alpha value is -1.06. The van der Waals surface area contributed by atoms with Gasteiger partial charge in [-0.1, -0.05) is 19.1 Å². The van der Waals surface area contributed by atoms with Gasteiger partial charge in [0.2, 0.25) is 0 Å². The van der Waals surface area contributed by atoms with Crippen LogP contribution in [0.3, 0.4) is 0 Å². The highest BCUT2D eigenvalue weighted by atomic mass is 16.5. The fourth-order valence-electron chi connectivity index (χ4n) is 5.00. The van der Waals surface area contributed by atoms with Crippen LogP contribution in [0.1, 0.15) is 25.3 Å². The summed E-state index contributed by atoms with van der Waals surface area (Å²) in [5, 5.41) is 0. The number of piperidine rings is 1. The van der Waals surface area contributed by atoms with Crippen LogP contribution in [0.25, 0.3) is 0 Å². The van der Waals surface area contributed by atoms with Crippen molar-refractivity contribution in [2.45, 2.75) is 25.2 Å². The van der Waals surface area contributed by atoms with Crippen molar-refractivity contribution < 1.29 is 4.74 Å². The van der Waals surface area contributed by atoms with E-state index >= 15 is 0 Å². The van der Waals surface area contributed by atoms with Crippen LogP contribution in [0.2, 0.25) is 0 Å². The standard InChI is InChI=1S/C19H28N2O/c1-3-20-12-17-18(13-22-2)19(17,14-20)15-6-8-16(9-7-15)21-10-4-5-11-21/h6-9,17-18H,3-5,10-14H2,1-2H3. The largest absolute Gasteiger partial charge is 0.384 e. The molecule has 1 aromatic carbocycles. The highest BCUT2D eigenvalue weighted by molar-refractivity contribution is 5.51. The number of rotatable bonds is 5. The lowest BCUT2D eigenvalue weighted by Gasteiger charge is -2.24. The lowest BCUT2D eigenvalue weighted by Crippen LogP contribution is -2.30. The van der Waals surface area contributed by atoms with Crippen molar-refractivity contribution in [1.82, 2.24) is 4.90 Å². The van der Waals surface area contributed by atoms with E-state index < -0.39 is 0 Å². The smallest absolute Gasteiger partial charge is 0.0503 e. The van der Waals surface area contributed by atoms with Crippen molar-refractivity contribution >= 4 is 5.69 Å². The summed E-state index contributed by atoms with van der Waals surface area (Å²) in [6.07, 6.45) is 2.68. The Bertz CT molecular complexity index is 523. The summed E-state index contributed by atoms with van der Waals surface area (Å²) in [5.74, 6) is 1.52. The van der Waals surface area contributed by atoms with Gasteiger partial charge in [0, 0.05) is 44.4 Å². The van der Waals surface area contributed by atoms with Crippen LogP contribution < -0.4 is 4.90 Å². The fraction of sp³-hybridized carbons (Fsp3) is 0.684. The highest BCUT2D eigenvalue weighted by Crippen LogP contribution is 2.64. The number of nitrogens with zero attached hydrogens (tertiary/aromatic N) is 2. The minimum absolute atomic E-state index is 0.371. The van der Waals surface area contributed by atoms with Gasteiger partial charge in [0.1, 0.15) is 0 Å². The molecular weight excluding hydrogens is 272 g/mol. The molecule has 2 heterocycles. The lowest BCUT2D eigenvalue weighted by atomic mass is 9.92. The molecule has 0 amide bonds. The van der Waals surface area contributed by atoms with E-state index in [9.17, 15) is 0 Å². The summed E-state index contributed by atoms with van der Waals surface area (Å²) in [5.41, 5.74) is 3.32. The van der Waals surface area contributed by atoms with Crippen LogP contribution in [-0.2, 0) is 10.2 Å². The van der Waals surface area contributed by atoms with Gasteiger partial charge in [0.05, 0.1) is 6.61 Å². The highest BCUT2D eigenvalue weighted by Gasteiger charge is 2.68. The average molecular weight is 300 g/mol. The number of benzene rings is 1. The number of likely N-dealkylation sites (tertiary alicyclic amines) is 1. The molecule has 0 N–H and O–H groups in total. The number of methoxy groups -OCH3 is 1. The second-order valence-corrected chi connectivity index (χ2v) is 7.28. The minimum atomic E-state index is 0.371. The SMILES string of the molecule is CCN1CC2C(COC)C2(c2ccc(N3CCCC3)cc2)C1. The molecular formula is C19H28N2O. The predicted octanol–water partition coefficient (Wildman–Crippen LogP) is 2.75. The zero-order chi connectivity index (χ0) is 15.2. The van der Waals surface area contributed by atoms with E-state index in [2.05, 4.69) is 41.0 Å². The van der Waals surface area contributed by atoms with Crippen molar-refractivity contribution in [2.75, 3.05) is 51.3 Å². The molecule has 3 aliphatic rings. The van der Waals surface area contributed by atoms with Crippen LogP contribution in [0.5, 0.6) is 0 Å². The maximum Gasteiger partial charge on any atom is 0.0503 e. The summed E-state index contributed by atoms with van der Waals surface area (Å²) in [4.78, 5) is 5.12. The molecule has 2 aliphatic heterocycles. The van der Waals surface area contributed by atoms with Gasteiger partial charge < -0.3 is 14.5 Å². The third-order valence-corrected chi connectivity index (χ3v) is 6.31. The number of anilines is 1. The van der Waals surface area contributed by atoms with Gasteiger partial charge in [-0.2, -0.15) is 0 Å². The topological polar surface area (TPSA) is 15.7 Å². The van der Waals surface area contributed by atoms with E-state index in [1.165, 1.54) is 51.3 Å². The molecule has 0 spiro atoms. The Morgan fingerprint density at radius 3 is 2.55 bits per heavy atom. The van der Waals surface area contributed by atoms with Crippen molar-refractivity contribution in [3.8, 4) is 0 Å². The summed E-state index contributed by atoms with van der Waals surface area (Å²) in [7, 11) is 1.84. The van der Waals surface area contributed by atoms with Gasteiger partial charge in [-0.05, 0) is 48.9 Å². The molecule has 2 saturated heterocycles. The molecule has 120 valence electrons. The molecule has 0 bridgehead atoms. The Balaban J connectivity index is 1.56. The fourth-order valence-corrected chi connectivity index (χ4v) is 5.00. The van der Waals surface area contributed by atoms with Crippen molar-refractivity contribution in [1.29, 1.82) is 0 Å². The summed E-state index contributed by atoms with van der Waals surface area (Å²) < 4.78 is 5.50. The lowest BCUT2D eigenvalue weighted by molar-refractivity contribution is 0.158. The molecule has 4 rings (SSSR count). The van der Waals surface area contributed by atoms with E-state index in [1.54, 1.807) is 5.56 Å². The van der Waals surface area contributed by atoms with Gasteiger partial charge in [0.15, 0.2) is 0 Å². The van der Waals surface area contributed by atoms with Gasteiger partial charge in [0.25, 0.3) is 0 Å². The molecule has 22 heavy (non-hydrogen) atoms. The van der Waals surface area contributed by atoms with Crippen LogP contribution in [0.4, 0.5) is 5.69 Å². The van der Waals surface area contributed by atoms with Gasteiger partial charge in [-0.3, -0.25) is 0 Å². The predicted molar refractivity (Wildman–Crippen MR) is 90.5 cm³/mol. The number of fused-ring (bicyclic) bond motifs is 1. The first-order valence-corrected chi connectivity index (χ1v) is 8.86. The molecule has 3 atom stereocenters. The second kappa shape index (κ2) is 5.54. The number of ether oxygens (including phenoxy) is 1. The van der Waals surface area contributed by atoms with E-state index in [1.807, 2.05) is 7.11 Å². The average Bonchev–Trinajstić information content (AvgIpc) is 3.01. The van der Waals surface area contributed by atoms with Gasteiger partial charge in [-0.15, -0.1) is 0 Å². The molecule has 1 aromatic rings. The first-order chi connectivity index (χ1) is 10.8. The first kappa shape index (κ1) is 14.5. The molecule has 0 radical (unpaired) electrons. The normalized spacial score (nSPS) is 34.2. The Kier molecular flexibility index (Phi) is 3.66. The molecule has 3 unspecified atom stereocenters. The van der Waals surface area contributed by atoms with Crippen molar-refractivity contribution in [3.05, 3.63) is 29.8 Å². The van der Waals surface area contributed by atoms with Crippen molar-refractivity contribution in [3.63, 3.8) is 0 Å². The quantitative estimate of drug-likeness (QED) is 0.831. The Labute approximate surface area is 134 Å². The van der Waals surface area contributed by atoms with E-state index in [0.29, 0.717) is 5.41 Å². The Morgan fingerprint density at radius 1 is 1.18 bits per heavy atom. The molecule has 0 aromatic heterocycles. The van der Waals surface area contributed by atoms with E-state index in [-0.39, 0.29) is 0 Å². The summed E-state index contributed by atoms with van der Waals surface area (Å²) >= 11 is 0. The maximum absolute atomic E-state index is 5.50. The number of hydrogen-bond donors (Lipinski definition) is 0. The molecule has 3 heteroatoms. The zero-order valence-corrected chi connectivity index (χ0v) is 13.9. The second-order valence-electron chi connectivity index (χ2n) is 7.28. The third-order valence-electron chi connectivity index (χ3n) is 6.31. The molecule has 1 aliphatic carbocycles. The first-order valence-electron chi connectivity index (χ1n) is 8.86. The van der Waals surface area contributed by atoms with E-state index in [0.717, 1.165) is 18.4 Å². The summed E-state index contributed by atoms with van der Waals surface area (Å²) in [6, 6.07) is 9.50. The van der Waals surface area contributed by atoms with Crippen molar-refractivity contribution in [2.24, 2.45) is 11.8 Å². The maximum atomic E-state index is 5.50. The summed E-state index contributed by atoms with van der Waals surface area (Å²) in [6.45, 7) is 9.27. The Morgan fingerprint density at radius 2 is 1.91 bits per heavy atom. The van der Waals surface area contributed by atoms with E-state index in [4.69, 9.17) is 4.74 Å². The third kappa shape index (κ3) is 2.10. The zero-order valence-electron chi connectivity index (χ0n) is 13.9. The molecule has 3 nitrogen and oxygen atoms in total. The van der Waals surface area contributed by atoms with Crippen LogP contribution in [-0.4, -0.2) is 51.3 Å². The van der Waals surface area contributed by atoms with Gasteiger partial charge >= 0.3 is 0 Å². The van der Waals surface area contributed by atoms with Gasteiger partial charge in [-0.25, -0.2) is 0 Å².